The molecule has 0 spiro atoms. The second kappa shape index (κ2) is 4.43. The number of hydrogen-bond acceptors (Lipinski definition) is 2. The van der Waals surface area contributed by atoms with Crippen LogP contribution in [0, 0.1) is 5.41 Å². The minimum absolute atomic E-state index is 0.335. The van der Waals surface area contributed by atoms with Crippen LogP contribution >= 0.6 is 0 Å². The van der Waals surface area contributed by atoms with Gasteiger partial charge in [-0.25, -0.2) is 0 Å². The molecular weight excluding hydrogens is 210 g/mol. The number of benzene rings is 1. The fraction of sp³-hybridized carbons (Fsp3) is 0.600. The lowest BCUT2D eigenvalue weighted by molar-refractivity contribution is 0.0105. The van der Waals surface area contributed by atoms with Gasteiger partial charge in [0, 0.05) is 18.6 Å². The van der Waals surface area contributed by atoms with Gasteiger partial charge in [0.25, 0.3) is 0 Å². The first-order valence-corrected chi connectivity index (χ1v) is 6.66. The van der Waals surface area contributed by atoms with E-state index in [-0.39, 0.29) is 0 Å². The Hall–Kier alpha value is -0.860. The van der Waals surface area contributed by atoms with E-state index in [0.717, 1.165) is 13.2 Å². The lowest BCUT2D eigenvalue weighted by atomic mass is 9.64. The van der Waals surface area contributed by atoms with Crippen molar-refractivity contribution in [1.29, 1.82) is 0 Å². The van der Waals surface area contributed by atoms with E-state index in [0.29, 0.717) is 11.5 Å². The van der Waals surface area contributed by atoms with Crippen molar-refractivity contribution in [3.63, 3.8) is 0 Å². The zero-order chi connectivity index (χ0) is 11.7. The maximum absolute atomic E-state index is 5.52. The molecule has 0 amide bonds. The van der Waals surface area contributed by atoms with Crippen LogP contribution in [0.4, 0.5) is 0 Å². The largest absolute Gasteiger partial charge is 0.384 e. The van der Waals surface area contributed by atoms with Crippen molar-refractivity contribution in [2.24, 2.45) is 5.41 Å². The van der Waals surface area contributed by atoms with Gasteiger partial charge in [0.1, 0.15) is 0 Å². The highest BCUT2D eigenvalue weighted by Gasteiger charge is 2.44. The van der Waals surface area contributed by atoms with E-state index in [4.69, 9.17) is 4.74 Å². The molecular formula is C15H21NO. The van der Waals surface area contributed by atoms with Crippen LogP contribution in [0.3, 0.4) is 0 Å². The molecule has 2 atom stereocenters. The fourth-order valence-corrected chi connectivity index (χ4v) is 3.70. The molecule has 1 aromatic rings. The summed E-state index contributed by atoms with van der Waals surface area (Å²) in [5, 5.41) is 3.72. The van der Waals surface area contributed by atoms with E-state index in [9.17, 15) is 0 Å². The molecule has 1 aromatic carbocycles. The van der Waals surface area contributed by atoms with Crippen molar-refractivity contribution >= 4 is 0 Å². The summed E-state index contributed by atoms with van der Waals surface area (Å²) in [7, 11) is 1.83. The molecule has 3 rings (SSSR count). The predicted octanol–water partition coefficient (Wildman–Crippen LogP) is 2.69. The summed E-state index contributed by atoms with van der Waals surface area (Å²) in [4.78, 5) is 0. The number of methoxy groups -OCH3 is 1. The molecule has 17 heavy (non-hydrogen) atoms. The number of nitrogens with one attached hydrogen (secondary N) is 1. The van der Waals surface area contributed by atoms with Crippen LogP contribution in [0.15, 0.2) is 24.3 Å². The number of aryl methyl sites for hydroxylation is 1. The highest BCUT2D eigenvalue weighted by molar-refractivity contribution is 5.35. The van der Waals surface area contributed by atoms with Crippen LogP contribution in [-0.4, -0.2) is 20.3 Å². The zero-order valence-corrected chi connectivity index (χ0v) is 10.5. The molecule has 0 saturated carbocycles. The molecule has 0 aromatic heterocycles. The minimum atomic E-state index is 0.335. The second-order valence-electron chi connectivity index (χ2n) is 5.48. The third-order valence-electron chi connectivity index (χ3n) is 4.50. The van der Waals surface area contributed by atoms with Gasteiger partial charge in [-0.05, 0) is 43.4 Å². The van der Waals surface area contributed by atoms with E-state index >= 15 is 0 Å². The standard InChI is InChI=1S/C15H21NO/c1-17-11-15-8-4-10-16-14(15)13-6-3-2-5-12(13)7-9-15/h2-3,5-6,14,16H,4,7-11H2,1H3/t14-,15+/m0/s1. The van der Waals surface area contributed by atoms with Gasteiger partial charge < -0.3 is 10.1 Å². The lowest BCUT2D eigenvalue weighted by Crippen LogP contribution is -2.48. The summed E-state index contributed by atoms with van der Waals surface area (Å²) in [5.41, 5.74) is 3.37. The average molecular weight is 231 g/mol. The molecule has 1 heterocycles. The molecule has 1 aliphatic carbocycles. The maximum atomic E-state index is 5.52. The molecule has 1 saturated heterocycles. The van der Waals surface area contributed by atoms with Gasteiger partial charge >= 0.3 is 0 Å². The van der Waals surface area contributed by atoms with Crippen LogP contribution in [0.1, 0.15) is 36.4 Å². The molecule has 2 aliphatic rings. The smallest absolute Gasteiger partial charge is 0.0537 e. The number of fused-ring (bicyclic) bond motifs is 3. The van der Waals surface area contributed by atoms with Crippen molar-refractivity contribution in [2.75, 3.05) is 20.3 Å². The second-order valence-corrected chi connectivity index (χ2v) is 5.48. The maximum Gasteiger partial charge on any atom is 0.0537 e. The number of ether oxygens (including phenoxy) is 1. The number of rotatable bonds is 2. The highest BCUT2D eigenvalue weighted by Crippen LogP contribution is 2.48. The van der Waals surface area contributed by atoms with E-state index in [1.54, 1.807) is 0 Å². The van der Waals surface area contributed by atoms with Crippen molar-refractivity contribution < 1.29 is 4.74 Å². The summed E-state index contributed by atoms with van der Waals surface area (Å²) < 4.78 is 5.52. The first kappa shape index (κ1) is 11.2. The molecule has 2 nitrogen and oxygen atoms in total. The van der Waals surface area contributed by atoms with Gasteiger partial charge in [-0.3, -0.25) is 0 Å². The number of hydrogen-bond donors (Lipinski definition) is 1. The molecule has 92 valence electrons. The van der Waals surface area contributed by atoms with E-state index < -0.39 is 0 Å². The molecule has 1 N–H and O–H groups in total. The lowest BCUT2D eigenvalue weighted by Gasteiger charge is -2.48. The van der Waals surface area contributed by atoms with Gasteiger partial charge in [0.2, 0.25) is 0 Å². The SMILES string of the molecule is COC[C@]12CCCN[C@H]1c1ccccc1CC2. The predicted molar refractivity (Wildman–Crippen MR) is 69.0 cm³/mol. The van der Waals surface area contributed by atoms with E-state index in [1.807, 2.05) is 7.11 Å². The molecule has 0 bridgehead atoms. The van der Waals surface area contributed by atoms with Gasteiger partial charge in [0.05, 0.1) is 6.61 Å². The molecule has 1 fully saturated rings. The first-order chi connectivity index (χ1) is 8.36. The molecule has 1 aliphatic heterocycles. The Bertz CT molecular complexity index is 400. The van der Waals surface area contributed by atoms with Crippen LogP contribution in [0.25, 0.3) is 0 Å². The van der Waals surface area contributed by atoms with Crippen LogP contribution in [0.5, 0.6) is 0 Å². The Balaban J connectivity index is 2.00. The third kappa shape index (κ3) is 1.80. The third-order valence-corrected chi connectivity index (χ3v) is 4.50. The fourth-order valence-electron chi connectivity index (χ4n) is 3.70. The molecule has 0 unspecified atom stereocenters. The quantitative estimate of drug-likeness (QED) is 0.845. The summed E-state index contributed by atoms with van der Waals surface area (Å²) in [6.07, 6.45) is 5.04. The first-order valence-electron chi connectivity index (χ1n) is 6.66. The Kier molecular flexibility index (Phi) is 2.93. The van der Waals surface area contributed by atoms with Gasteiger partial charge in [-0.15, -0.1) is 0 Å². The van der Waals surface area contributed by atoms with Gasteiger partial charge in [-0.2, -0.15) is 0 Å². The Labute approximate surface area is 103 Å². The summed E-state index contributed by atoms with van der Waals surface area (Å²) in [6, 6.07) is 9.40. The van der Waals surface area contributed by atoms with Crippen LogP contribution in [-0.2, 0) is 11.2 Å². The van der Waals surface area contributed by atoms with Crippen molar-refractivity contribution in [3.8, 4) is 0 Å². The van der Waals surface area contributed by atoms with E-state index in [1.165, 1.54) is 36.8 Å². The van der Waals surface area contributed by atoms with Crippen molar-refractivity contribution in [2.45, 2.75) is 31.7 Å². The highest BCUT2D eigenvalue weighted by atomic mass is 16.5. The molecule has 0 radical (unpaired) electrons. The van der Waals surface area contributed by atoms with Crippen LogP contribution in [0.2, 0.25) is 0 Å². The van der Waals surface area contributed by atoms with Crippen LogP contribution < -0.4 is 5.32 Å². The topological polar surface area (TPSA) is 21.3 Å². The van der Waals surface area contributed by atoms with Gasteiger partial charge in [-0.1, -0.05) is 24.3 Å². The average Bonchev–Trinajstić information content (AvgIpc) is 2.39. The Morgan fingerprint density at radius 2 is 2.24 bits per heavy atom. The van der Waals surface area contributed by atoms with Gasteiger partial charge in [0.15, 0.2) is 0 Å². The summed E-state index contributed by atoms with van der Waals surface area (Å²) in [5.74, 6) is 0. The normalized spacial score (nSPS) is 31.7. The summed E-state index contributed by atoms with van der Waals surface area (Å²) >= 11 is 0. The Morgan fingerprint density at radius 3 is 3.12 bits per heavy atom. The summed E-state index contributed by atoms with van der Waals surface area (Å²) in [6.45, 7) is 2.03. The monoisotopic (exact) mass is 231 g/mol. The van der Waals surface area contributed by atoms with E-state index in [2.05, 4.69) is 29.6 Å². The zero-order valence-electron chi connectivity index (χ0n) is 10.5. The van der Waals surface area contributed by atoms with Crippen molar-refractivity contribution in [3.05, 3.63) is 35.4 Å². The minimum Gasteiger partial charge on any atom is -0.384 e. The molecule has 2 heteroatoms. The van der Waals surface area contributed by atoms with Crippen molar-refractivity contribution in [1.82, 2.24) is 5.32 Å². The number of piperidine rings is 1. The Morgan fingerprint density at radius 1 is 1.35 bits per heavy atom.